The third kappa shape index (κ3) is 6.58. The molecule has 3 aromatic carbocycles. The summed E-state index contributed by atoms with van der Waals surface area (Å²) in [6, 6.07) is 20.5. The number of rotatable bonds is 11. The van der Waals surface area contributed by atoms with Crippen LogP contribution in [0.3, 0.4) is 0 Å². The number of thioether (sulfide) groups is 1. The van der Waals surface area contributed by atoms with Crippen molar-refractivity contribution in [2.24, 2.45) is 0 Å². The average molecular weight is 604 g/mol. The second-order valence-electron chi connectivity index (χ2n) is 9.92. The third-order valence-electron chi connectivity index (χ3n) is 6.75. The van der Waals surface area contributed by atoms with Crippen molar-refractivity contribution in [2.75, 3.05) is 23.0 Å². The van der Waals surface area contributed by atoms with Gasteiger partial charge in [-0.25, -0.2) is 4.68 Å². The van der Waals surface area contributed by atoms with Gasteiger partial charge in [0, 0.05) is 27.7 Å². The topological polar surface area (TPSA) is 90.3 Å². The maximum Gasteiger partial charge on any atom is 0.255 e. The van der Waals surface area contributed by atoms with Crippen molar-refractivity contribution in [3.63, 3.8) is 0 Å². The van der Waals surface area contributed by atoms with Crippen LogP contribution in [0, 0.1) is 6.92 Å². The predicted molar refractivity (Wildman–Crippen MR) is 169 cm³/mol. The Bertz CT molecular complexity index is 1600. The lowest BCUT2D eigenvalue weighted by Crippen LogP contribution is -2.31. The first-order chi connectivity index (χ1) is 20.4. The fourth-order valence-electron chi connectivity index (χ4n) is 4.68. The molecule has 1 aliphatic rings. The van der Waals surface area contributed by atoms with Gasteiger partial charge in [0.1, 0.15) is 12.6 Å². The van der Waals surface area contributed by atoms with Crippen molar-refractivity contribution in [2.45, 2.75) is 51.9 Å². The van der Waals surface area contributed by atoms with Crippen molar-refractivity contribution in [3.8, 4) is 11.5 Å². The number of anilines is 2. The molecular weight excluding hydrogens is 570 g/mol. The Morgan fingerprint density at radius 2 is 1.83 bits per heavy atom. The molecular formula is C32H34ClN5O3S. The van der Waals surface area contributed by atoms with Gasteiger partial charge in [-0.15, -0.1) is 5.10 Å². The molecule has 218 valence electrons. The first-order valence-electron chi connectivity index (χ1n) is 14.0. The first-order valence-corrected chi connectivity index (χ1v) is 15.3. The van der Waals surface area contributed by atoms with Gasteiger partial charge in [0.2, 0.25) is 11.1 Å². The summed E-state index contributed by atoms with van der Waals surface area (Å²) in [5.41, 5.74) is 4.76. The molecule has 8 nitrogen and oxygen atoms in total. The maximum absolute atomic E-state index is 13.9. The van der Waals surface area contributed by atoms with Crippen LogP contribution >= 0.6 is 23.4 Å². The molecule has 1 amide bonds. The fourth-order valence-corrected chi connectivity index (χ4v) is 5.55. The number of amides is 1. The van der Waals surface area contributed by atoms with Gasteiger partial charge in [-0.05, 0) is 63.1 Å². The van der Waals surface area contributed by atoms with Crippen LogP contribution in [-0.2, 0) is 11.4 Å². The molecule has 1 unspecified atom stereocenters. The van der Waals surface area contributed by atoms with E-state index in [1.807, 2.05) is 87.5 Å². The number of nitrogens with zero attached hydrogens (tertiary/aromatic N) is 3. The van der Waals surface area contributed by atoms with Gasteiger partial charge in [0.15, 0.2) is 11.5 Å². The summed E-state index contributed by atoms with van der Waals surface area (Å²) in [7, 11) is 0. The molecule has 0 saturated carbocycles. The van der Waals surface area contributed by atoms with Crippen LogP contribution in [0.5, 0.6) is 11.5 Å². The molecule has 4 aromatic rings. The minimum atomic E-state index is -0.549. The Morgan fingerprint density at radius 3 is 2.57 bits per heavy atom. The molecule has 0 aliphatic carbocycles. The molecule has 0 radical (unpaired) electrons. The number of aromatic nitrogens is 3. The summed E-state index contributed by atoms with van der Waals surface area (Å²) in [5.74, 6) is 2.40. The minimum Gasteiger partial charge on any atom is -0.490 e. The number of hydrogen-bond donors (Lipinski definition) is 2. The normalized spacial score (nSPS) is 14.3. The molecule has 0 saturated heterocycles. The highest BCUT2D eigenvalue weighted by Crippen LogP contribution is 2.40. The van der Waals surface area contributed by atoms with Gasteiger partial charge in [0.25, 0.3) is 5.91 Å². The zero-order chi connectivity index (χ0) is 29.6. The van der Waals surface area contributed by atoms with Crippen molar-refractivity contribution in [1.82, 2.24) is 14.8 Å². The van der Waals surface area contributed by atoms with Crippen LogP contribution in [0.1, 0.15) is 49.9 Å². The number of ether oxygens (including phenoxy) is 2. The van der Waals surface area contributed by atoms with Crippen LogP contribution in [-0.4, -0.2) is 33.0 Å². The first kappa shape index (κ1) is 29.5. The van der Waals surface area contributed by atoms with Crippen LogP contribution in [0.15, 0.2) is 83.2 Å². The van der Waals surface area contributed by atoms with E-state index >= 15 is 0 Å². The number of halogens is 1. The molecule has 10 heteroatoms. The number of allylic oxidation sites excluding steroid dienone is 1. The minimum absolute atomic E-state index is 0.227. The molecule has 2 heterocycles. The van der Waals surface area contributed by atoms with Crippen LogP contribution < -0.4 is 20.1 Å². The summed E-state index contributed by atoms with van der Waals surface area (Å²) >= 11 is 7.94. The van der Waals surface area contributed by atoms with E-state index in [1.54, 1.807) is 16.4 Å². The Hall–Kier alpha value is -3.95. The van der Waals surface area contributed by atoms with E-state index in [0.717, 1.165) is 28.9 Å². The number of aryl methyl sites for hydroxylation is 1. The fraction of sp³-hybridized carbons (Fsp3) is 0.281. The smallest absolute Gasteiger partial charge is 0.255 e. The van der Waals surface area contributed by atoms with Crippen molar-refractivity contribution < 1.29 is 14.3 Å². The Labute approximate surface area is 255 Å². The second kappa shape index (κ2) is 13.4. The number of hydrogen-bond acceptors (Lipinski definition) is 7. The highest BCUT2D eigenvalue weighted by molar-refractivity contribution is 7.99. The highest BCUT2D eigenvalue weighted by Gasteiger charge is 2.35. The second-order valence-corrected chi connectivity index (χ2v) is 11.4. The summed E-state index contributed by atoms with van der Waals surface area (Å²) in [5, 5.41) is 12.5. The van der Waals surface area contributed by atoms with E-state index in [9.17, 15) is 4.79 Å². The van der Waals surface area contributed by atoms with E-state index in [-0.39, 0.29) is 5.91 Å². The van der Waals surface area contributed by atoms with Gasteiger partial charge in [-0.2, -0.15) is 4.98 Å². The van der Waals surface area contributed by atoms with Crippen molar-refractivity contribution in [1.29, 1.82) is 0 Å². The van der Waals surface area contributed by atoms with E-state index in [0.29, 0.717) is 57.8 Å². The lowest BCUT2D eigenvalue weighted by molar-refractivity contribution is -0.113. The molecule has 1 aromatic heterocycles. The van der Waals surface area contributed by atoms with Crippen molar-refractivity contribution >= 4 is 40.9 Å². The SMILES string of the molecule is CCCSc1nc2n(n1)C(c1ccc(OCc3ccccc3Cl)c(OCC)c1)C(C(=O)Nc1ccc(C)cc1)=C(C)N2. The van der Waals surface area contributed by atoms with E-state index < -0.39 is 6.04 Å². The molecule has 0 bridgehead atoms. The number of benzene rings is 3. The van der Waals surface area contributed by atoms with Crippen LogP contribution in [0.2, 0.25) is 5.02 Å². The van der Waals surface area contributed by atoms with Gasteiger partial charge >= 0.3 is 0 Å². The molecule has 0 fully saturated rings. The average Bonchev–Trinajstić information content (AvgIpc) is 3.39. The van der Waals surface area contributed by atoms with Crippen molar-refractivity contribution in [3.05, 3.63) is 99.7 Å². The summed E-state index contributed by atoms with van der Waals surface area (Å²) < 4.78 is 14.0. The number of carbonyl (C=O) groups is 1. The molecule has 0 spiro atoms. The lowest BCUT2D eigenvalue weighted by Gasteiger charge is -2.29. The van der Waals surface area contributed by atoms with Gasteiger partial charge in [-0.1, -0.05) is 72.2 Å². The third-order valence-corrected chi connectivity index (χ3v) is 8.16. The number of nitrogens with one attached hydrogen (secondary N) is 2. The van der Waals surface area contributed by atoms with E-state index in [1.165, 1.54) is 0 Å². The van der Waals surface area contributed by atoms with Gasteiger partial charge in [-0.3, -0.25) is 4.79 Å². The van der Waals surface area contributed by atoms with Gasteiger partial charge in [0.05, 0.1) is 12.2 Å². The Balaban J connectivity index is 1.53. The number of fused-ring (bicyclic) bond motifs is 1. The zero-order valence-electron chi connectivity index (χ0n) is 24.1. The lowest BCUT2D eigenvalue weighted by atomic mass is 9.94. The quantitative estimate of drug-likeness (QED) is 0.170. The Kier molecular flexibility index (Phi) is 9.39. The van der Waals surface area contributed by atoms with E-state index in [2.05, 4.69) is 17.6 Å². The predicted octanol–water partition coefficient (Wildman–Crippen LogP) is 7.65. The maximum atomic E-state index is 13.9. The van der Waals surface area contributed by atoms with E-state index in [4.69, 9.17) is 31.2 Å². The monoisotopic (exact) mass is 603 g/mol. The summed E-state index contributed by atoms with van der Waals surface area (Å²) in [4.78, 5) is 18.6. The summed E-state index contributed by atoms with van der Waals surface area (Å²) in [6.07, 6.45) is 1.00. The molecule has 5 rings (SSSR count). The van der Waals surface area contributed by atoms with Crippen LogP contribution in [0.25, 0.3) is 0 Å². The van der Waals surface area contributed by atoms with Crippen LogP contribution in [0.4, 0.5) is 11.6 Å². The molecule has 1 atom stereocenters. The highest BCUT2D eigenvalue weighted by atomic mass is 35.5. The summed E-state index contributed by atoms with van der Waals surface area (Å²) in [6.45, 7) is 8.68. The Morgan fingerprint density at radius 1 is 1.05 bits per heavy atom. The number of carbonyl (C=O) groups excluding carboxylic acids is 1. The zero-order valence-corrected chi connectivity index (χ0v) is 25.7. The van der Waals surface area contributed by atoms with Gasteiger partial charge < -0.3 is 20.1 Å². The standard InChI is InChI=1S/C32H34ClN5O3S/c1-5-17-42-32-36-31-34-21(4)28(30(39)35-24-14-11-20(3)12-15-24)29(38(31)37-32)22-13-16-26(27(18-22)40-6-2)41-19-23-9-7-8-10-25(23)33/h7-16,18,29H,5-6,17,19H2,1-4H3,(H,35,39)(H,34,36,37). The molecule has 42 heavy (non-hydrogen) atoms. The molecule has 1 aliphatic heterocycles. The molecule has 2 N–H and O–H groups in total. The largest absolute Gasteiger partial charge is 0.490 e.